The minimum absolute atomic E-state index is 0.118. The SMILES string of the molecule is Cc1cc(/C=N\NC(=O)Cc2cccc3ccccc23)cn1C(C)C. The molecule has 1 heterocycles. The van der Waals surface area contributed by atoms with Crippen LogP contribution in [0.2, 0.25) is 0 Å². The molecule has 3 rings (SSSR count). The van der Waals surface area contributed by atoms with Crippen molar-refractivity contribution in [3.05, 3.63) is 71.5 Å². The number of fused-ring (bicyclic) bond motifs is 1. The van der Waals surface area contributed by atoms with E-state index in [0.29, 0.717) is 12.5 Å². The van der Waals surface area contributed by atoms with Crippen molar-refractivity contribution in [1.29, 1.82) is 0 Å². The summed E-state index contributed by atoms with van der Waals surface area (Å²) in [5.74, 6) is -0.118. The zero-order chi connectivity index (χ0) is 17.8. The van der Waals surface area contributed by atoms with Crippen molar-refractivity contribution < 1.29 is 4.79 Å². The Balaban J connectivity index is 1.65. The minimum atomic E-state index is -0.118. The fraction of sp³-hybridized carbons (Fsp3) is 0.238. The molecule has 0 saturated heterocycles. The predicted octanol–water partition coefficient (Wildman–Crippen LogP) is 4.22. The Kier molecular flexibility index (Phi) is 4.98. The monoisotopic (exact) mass is 333 g/mol. The Morgan fingerprint density at radius 2 is 1.96 bits per heavy atom. The van der Waals surface area contributed by atoms with Gasteiger partial charge in [0.2, 0.25) is 5.91 Å². The van der Waals surface area contributed by atoms with E-state index in [0.717, 1.165) is 21.9 Å². The number of carbonyl (C=O) groups excluding carboxylic acids is 1. The summed E-state index contributed by atoms with van der Waals surface area (Å²) in [4.78, 5) is 12.2. The molecular weight excluding hydrogens is 310 g/mol. The molecule has 25 heavy (non-hydrogen) atoms. The summed E-state index contributed by atoms with van der Waals surface area (Å²) in [7, 11) is 0. The summed E-state index contributed by atoms with van der Waals surface area (Å²) >= 11 is 0. The first kappa shape index (κ1) is 17.0. The predicted molar refractivity (Wildman–Crippen MR) is 103 cm³/mol. The first-order valence-corrected chi connectivity index (χ1v) is 8.51. The van der Waals surface area contributed by atoms with E-state index in [2.05, 4.69) is 54.1 Å². The number of carbonyl (C=O) groups is 1. The van der Waals surface area contributed by atoms with Crippen LogP contribution in [0.15, 0.2) is 59.8 Å². The number of hydrazone groups is 1. The number of nitrogens with one attached hydrogen (secondary N) is 1. The molecule has 0 unspecified atom stereocenters. The van der Waals surface area contributed by atoms with Gasteiger partial charge in [-0.1, -0.05) is 42.5 Å². The number of nitrogens with zero attached hydrogens (tertiary/aromatic N) is 2. The van der Waals surface area contributed by atoms with Gasteiger partial charge in [-0.25, -0.2) is 5.43 Å². The quantitative estimate of drug-likeness (QED) is 0.551. The maximum absolute atomic E-state index is 12.2. The molecule has 0 bridgehead atoms. The normalized spacial score (nSPS) is 11.5. The van der Waals surface area contributed by atoms with Crippen molar-refractivity contribution in [3.63, 3.8) is 0 Å². The van der Waals surface area contributed by atoms with Crippen LogP contribution in [-0.2, 0) is 11.2 Å². The van der Waals surface area contributed by atoms with Crippen LogP contribution >= 0.6 is 0 Å². The van der Waals surface area contributed by atoms with Gasteiger partial charge in [0.05, 0.1) is 12.6 Å². The molecule has 0 aliphatic heterocycles. The molecule has 4 nitrogen and oxygen atoms in total. The molecule has 4 heteroatoms. The van der Waals surface area contributed by atoms with Gasteiger partial charge in [0.15, 0.2) is 0 Å². The highest BCUT2D eigenvalue weighted by Crippen LogP contribution is 2.18. The van der Waals surface area contributed by atoms with Gasteiger partial charge in [-0.3, -0.25) is 4.79 Å². The lowest BCUT2D eigenvalue weighted by Gasteiger charge is -2.08. The van der Waals surface area contributed by atoms with E-state index in [1.807, 2.05) is 36.5 Å². The van der Waals surface area contributed by atoms with E-state index in [1.54, 1.807) is 6.21 Å². The maximum Gasteiger partial charge on any atom is 0.244 e. The molecule has 1 N–H and O–H groups in total. The number of amides is 1. The minimum Gasteiger partial charge on any atom is -0.349 e. The van der Waals surface area contributed by atoms with Gasteiger partial charge in [-0.05, 0) is 43.2 Å². The van der Waals surface area contributed by atoms with Crippen LogP contribution in [0.3, 0.4) is 0 Å². The standard InChI is InChI=1S/C21H23N3O/c1-15(2)24-14-17(11-16(24)3)13-22-23-21(25)12-19-9-6-8-18-7-4-5-10-20(18)19/h4-11,13-15H,12H2,1-3H3,(H,23,25)/b22-13-. The third kappa shape index (κ3) is 3.97. The summed E-state index contributed by atoms with van der Waals surface area (Å²) in [5.41, 5.74) is 5.79. The highest BCUT2D eigenvalue weighted by atomic mass is 16.2. The second-order valence-corrected chi connectivity index (χ2v) is 6.52. The van der Waals surface area contributed by atoms with E-state index in [1.165, 1.54) is 5.69 Å². The summed E-state index contributed by atoms with van der Waals surface area (Å²) < 4.78 is 2.18. The molecule has 0 aliphatic rings. The average molecular weight is 333 g/mol. The summed E-state index contributed by atoms with van der Waals surface area (Å²) in [6.07, 6.45) is 4.04. The van der Waals surface area contributed by atoms with E-state index >= 15 is 0 Å². The molecule has 0 atom stereocenters. The topological polar surface area (TPSA) is 46.4 Å². The summed E-state index contributed by atoms with van der Waals surface area (Å²) in [5, 5.41) is 6.34. The van der Waals surface area contributed by atoms with Crippen LogP contribution in [0.5, 0.6) is 0 Å². The zero-order valence-electron chi connectivity index (χ0n) is 14.9. The number of benzene rings is 2. The molecule has 2 aromatic carbocycles. The van der Waals surface area contributed by atoms with Crippen LogP contribution in [0.4, 0.5) is 0 Å². The number of rotatable bonds is 5. The summed E-state index contributed by atoms with van der Waals surface area (Å²) in [6, 6.07) is 16.6. The zero-order valence-corrected chi connectivity index (χ0v) is 14.9. The molecule has 0 fully saturated rings. The van der Waals surface area contributed by atoms with Gasteiger partial charge >= 0.3 is 0 Å². The van der Waals surface area contributed by atoms with E-state index < -0.39 is 0 Å². The van der Waals surface area contributed by atoms with Crippen molar-refractivity contribution in [3.8, 4) is 0 Å². The van der Waals surface area contributed by atoms with Crippen LogP contribution in [-0.4, -0.2) is 16.7 Å². The third-order valence-corrected chi connectivity index (χ3v) is 4.26. The molecule has 0 aliphatic carbocycles. The molecule has 128 valence electrons. The Hall–Kier alpha value is -2.88. The lowest BCUT2D eigenvalue weighted by molar-refractivity contribution is -0.120. The molecule has 0 radical (unpaired) electrons. The summed E-state index contributed by atoms with van der Waals surface area (Å²) in [6.45, 7) is 6.34. The second-order valence-electron chi connectivity index (χ2n) is 6.52. The fourth-order valence-corrected chi connectivity index (χ4v) is 3.08. The lowest BCUT2D eigenvalue weighted by atomic mass is 10.0. The average Bonchev–Trinajstić information content (AvgIpc) is 2.96. The molecule has 1 aromatic heterocycles. The van der Waals surface area contributed by atoms with Gasteiger partial charge < -0.3 is 4.57 Å². The first-order chi connectivity index (χ1) is 12.0. The molecule has 3 aromatic rings. The van der Waals surface area contributed by atoms with E-state index in [4.69, 9.17) is 0 Å². The van der Waals surface area contributed by atoms with Crippen LogP contribution in [0, 0.1) is 6.92 Å². The van der Waals surface area contributed by atoms with Crippen molar-refractivity contribution >= 4 is 22.9 Å². The van der Waals surface area contributed by atoms with E-state index in [-0.39, 0.29) is 5.91 Å². The second kappa shape index (κ2) is 7.34. The van der Waals surface area contributed by atoms with Crippen LogP contribution in [0.1, 0.15) is 36.7 Å². The highest BCUT2D eigenvalue weighted by Gasteiger charge is 2.06. The lowest BCUT2D eigenvalue weighted by Crippen LogP contribution is -2.19. The number of hydrogen-bond acceptors (Lipinski definition) is 2. The van der Waals surface area contributed by atoms with Gasteiger partial charge in [-0.15, -0.1) is 0 Å². The Labute approximate surface area is 148 Å². The van der Waals surface area contributed by atoms with Crippen molar-refractivity contribution in [2.75, 3.05) is 0 Å². The Morgan fingerprint density at radius 1 is 1.20 bits per heavy atom. The van der Waals surface area contributed by atoms with Crippen molar-refractivity contribution in [2.45, 2.75) is 33.2 Å². The first-order valence-electron chi connectivity index (χ1n) is 8.51. The largest absolute Gasteiger partial charge is 0.349 e. The third-order valence-electron chi connectivity index (χ3n) is 4.26. The Morgan fingerprint density at radius 3 is 2.72 bits per heavy atom. The van der Waals surface area contributed by atoms with Gasteiger partial charge in [0.25, 0.3) is 0 Å². The molecular formula is C21H23N3O. The number of aryl methyl sites for hydroxylation is 1. The van der Waals surface area contributed by atoms with Crippen molar-refractivity contribution in [1.82, 2.24) is 9.99 Å². The Bertz CT molecular complexity index is 917. The van der Waals surface area contributed by atoms with Crippen LogP contribution < -0.4 is 5.43 Å². The highest BCUT2D eigenvalue weighted by molar-refractivity contribution is 5.90. The van der Waals surface area contributed by atoms with Gasteiger partial charge in [0.1, 0.15) is 0 Å². The maximum atomic E-state index is 12.2. The molecule has 1 amide bonds. The van der Waals surface area contributed by atoms with Crippen molar-refractivity contribution in [2.24, 2.45) is 5.10 Å². The number of aromatic nitrogens is 1. The van der Waals surface area contributed by atoms with Crippen LogP contribution in [0.25, 0.3) is 10.8 Å². The van der Waals surface area contributed by atoms with E-state index in [9.17, 15) is 4.79 Å². The number of hydrogen-bond donors (Lipinski definition) is 1. The van der Waals surface area contributed by atoms with Gasteiger partial charge in [-0.2, -0.15) is 5.10 Å². The smallest absolute Gasteiger partial charge is 0.244 e. The fourth-order valence-electron chi connectivity index (χ4n) is 3.08. The van der Waals surface area contributed by atoms with Gasteiger partial charge in [0, 0.05) is 23.5 Å². The molecule has 0 saturated carbocycles. The molecule has 0 spiro atoms.